The van der Waals surface area contributed by atoms with E-state index in [0.717, 1.165) is 0 Å². The lowest BCUT2D eigenvalue weighted by molar-refractivity contribution is 0.144. The third kappa shape index (κ3) is 6.70. The number of alkyl halides is 3. The molecule has 2 N–H and O–H groups in total. The molecule has 0 saturated heterocycles. The number of methoxy groups -OCH3 is 1. The molecule has 0 aliphatic carbocycles. The van der Waals surface area contributed by atoms with E-state index in [4.69, 9.17) is 49.0 Å². The maximum Gasteiger partial charge on any atom is 0.411 e. The van der Waals surface area contributed by atoms with E-state index >= 15 is 4.39 Å². The highest BCUT2D eigenvalue weighted by molar-refractivity contribution is 6.67. The average Bonchev–Trinajstić information content (AvgIpc) is 2.75. The van der Waals surface area contributed by atoms with Gasteiger partial charge in [0.25, 0.3) is 0 Å². The van der Waals surface area contributed by atoms with E-state index in [-0.39, 0.29) is 23.6 Å². The number of ether oxygens (including phenoxy) is 3. The smallest absolute Gasteiger partial charge is 0.411 e. The van der Waals surface area contributed by atoms with Crippen molar-refractivity contribution in [3.05, 3.63) is 48.5 Å². The molecule has 0 unspecified atom stereocenters. The van der Waals surface area contributed by atoms with Gasteiger partial charge in [-0.2, -0.15) is 0 Å². The molecule has 12 heteroatoms. The van der Waals surface area contributed by atoms with Gasteiger partial charge in [-0.3, -0.25) is 5.32 Å². The molecule has 1 aromatic heterocycles. The summed E-state index contributed by atoms with van der Waals surface area (Å²) in [4.78, 5) is 20.0. The van der Waals surface area contributed by atoms with Gasteiger partial charge in [0.2, 0.25) is 3.79 Å². The van der Waals surface area contributed by atoms with Crippen LogP contribution in [0.4, 0.5) is 26.4 Å². The molecule has 0 aliphatic heterocycles. The minimum atomic E-state index is -1.70. The second-order valence-corrected chi connectivity index (χ2v) is 8.87. The van der Waals surface area contributed by atoms with Crippen LogP contribution in [0.5, 0.6) is 5.75 Å². The number of rotatable bonds is 8. The van der Waals surface area contributed by atoms with Crippen LogP contribution in [-0.2, 0) is 9.47 Å². The van der Waals surface area contributed by atoms with Crippen LogP contribution < -0.4 is 15.4 Å². The lowest BCUT2D eigenvalue weighted by Gasteiger charge is -2.13. The Morgan fingerprint density at radius 3 is 2.47 bits per heavy atom. The maximum absolute atomic E-state index is 15.0. The fourth-order valence-electron chi connectivity index (χ4n) is 2.61. The summed E-state index contributed by atoms with van der Waals surface area (Å²) in [7, 11) is 1.53. The van der Waals surface area contributed by atoms with Crippen molar-refractivity contribution in [2.45, 2.75) is 3.79 Å². The summed E-state index contributed by atoms with van der Waals surface area (Å²) in [6, 6.07) is 9.69. The van der Waals surface area contributed by atoms with E-state index < -0.39 is 22.3 Å². The van der Waals surface area contributed by atoms with Crippen molar-refractivity contribution in [3.8, 4) is 5.75 Å². The second kappa shape index (κ2) is 10.8. The van der Waals surface area contributed by atoms with E-state index in [1.807, 2.05) is 0 Å². The molecule has 1 amide bonds. The lowest BCUT2D eigenvalue weighted by Crippen LogP contribution is -2.21. The predicted molar refractivity (Wildman–Crippen MR) is 122 cm³/mol. The van der Waals surface area contributed by atoms with Crippen LogP contribution in [0.15, 0.2) is 42.7 Å². The number of halogens is 4. The summed E-state index contributed by atoms with van der Waals surface area (Å²) in [6.07, 6.45) is 0.550. The van der Waals surface area contributed by atoms with Gasteiger partial charge in [0, 0.05) is 18.5 Å². The number of nitrogens with zero attached hydrogens (tertiary/aromatic N) is 2. The fraction of sp³-hybridized carbons (Fsp3) is 0.250. The second-order valence-electron chi connectivity index (χ2n) is 6.35. The van der Waals surface area contributed by atoms with E-state index in [2.05, 4.69) is 20.6 Å². The molecule has 3 rings (SSSR count). The first kappa shape index (κ1) is 24.1. The summed E-state index contributed by atoms with van der Waals surface area (Å²) in [5.74, 6) is -0.260. The monoisotopic (exact) mass is 502 g/mol. The molecular formula is C20H18Cl3FN4O4. The molecule has 1 heterocycles. The van der Waals surface area contributed by atoms with Gasteiger partial charge in [0.1, 0.15) is 25.4 Å². The van der Waals surface area contributed by atoms with Gasteiger partial charge in [-0.05, 0) is 36.4 Å². The largest absolute Gasteiger partial charge is 0.488 e. The average molecular weight is 504 g/mol. The first-order chi connectivity index (χ1) is 15.3. The van der Waals surface area contributed by atoms with Crippen LogP contribution in [0.3, 0.4) is 0 Å². The first-order valence-corrected chi connectivity index (χ1v) is 10.3. The number of carbonyl (C=O) groups excluding carboxylic acids is 1. The quantitative estimate of drug-likeness (QED) is 0.311. The Morgan fingerprint density at radius 2 is 1.78 bits per heavy atom. The molecule has 32 heavy (non-hydrogen) atoms. The summed E-state index contributed by atoms with van der Waals surface area (Å²) in [5.41, 5.74) is 1.45. The van der Waals surface area contributed by atoms with Crippen LogP contribution in [-0.4, -0.2) is 46.8 Å². The van der Waals surface area contributed by atoms with Gasteiger partial charge >= 0.3 is 6.09 Å². The van der Waals surface area contributed by atoms with Crippen molar-refractivity contribution in [2.24, 2.45) is 0 Å². The Morgan fingerprint density at radius 1 is 1.06 bits per heavy atom. The Bertz CT molecular complexity index is 1080. The SMILES string of the molecule is COCCOc1ccc2ncnc(Nc3ccc(NC(=O)OCC(Cl)(Cl)Cl)cc3)c2c1F. The van der Waals surface area contributed by atoms with Crippen molar-refractivity contribution in [2.75, 3.05) is 37.6 Å². The number of anilines is 3. The van der Waals surface area contributed by atoms with E-state index in [9.17, 15) is 4.79 Å². The van der Waals surface area contributed by atoms with Crippen LogP contribution in [0.2, 0.25) is 0 Å². The van der Waals surface area contributed by atoms with Crippen LogP contribution in [0.25, 0.3) is 10.9 Å². The van der Waals surface area contributed by atoms with E-state index in [0.29, 0.717) is 23.5 Å². The Balaban J connectivity index is 1.73. The van der Waals surface area contributed by atoms with Crippen molar-refractivity contribution < 1.29 is 23.4 Å². The highest BCUT2D eigenvalue weighted by Gasteiger charge is 2.22. The molecule has 2 aromatic carbocycles. The molecule has 3 aromatic rings. The van der Waals surface area contributed by atoms with Gasteiger partial charge in [-0.15, -0.1) is 0 Å². The molecule has 0 bridgehead atoms. The normalized spacial score (nSPS) is 11.3. The van der Waals surface area contributed by atoms with Crippen molar-refractivity contribution in [1.29, 1.82) is 0 Å². The number of hydrogen-bond acceptors (Lipinski definition) is 7. The fourth-order valence-corrected chi connectivity index (χ4v) is 2.77. The molecular weight excluding hydrogens is 486 g/mol. The van der Waals surface area contributed by atoms with Gasteiger partial charge < -0.3 is 19.5 Å². The molecule has 0 radical (unpaired) electrons. The highest BCUT2D eigenvalue weighted by atomic mass is 35.6. The summed E-state index contributed by atoms with van der Waals surface area (Å²) >= 11 is 16.6. The number of nitrogens with one attached hydrogen (secondary N) is 2. The Labute approximate surface area is 197 Å². The molecule has 170 valence electrons. The number of carbonyl (C=O) groups is 1. The predicted octanol–water partition coefficient (Wildman–Crippen LogP) is 5.46. The molecule has 8 nitrogen and oxygen atoms in total. The van der Waals surface area contributed by atoms with Crippen molar-refractivity contribution >= 4 is 69.0 Å². The molecule has 0 atom stereocenters. The number of fused-ring (bicyclic) bond motifs is 1. The minimum absolute atomic E-state index is 0.0697. The third-order valence-corrected chi connectivity index (χ3v) is 4.34. The van der Waals surface area contributed by atoms with Crippen molar-refractivity contribution in [1.82, 2.24) is 9.97 Å². The standard InChI is InChI=1S/C20H18Cl3FN4O4/c1-30-8-9-31-15-7-6-14-16(17(15)24)18(26-11-25-14)27-12-2-4-13(5-3-12)28-19(29)32-10-20(21,22)23/h2-7,11H,8-10H2,1H3,(H,28,29)(H,25,26,27). The highest BCUT2D eigenvalue weighted by Crippen LogP contribution is 2.31. The Kier molecular flexibility index (Phi) is 8.14. The summed E-state index contributed by atoms with van der Waals surface area (Å²) in [6.45, 7) is 0.132. The van der Waals surface area contributed by atoms with Crippen LogP contribution in [0, 0.1) is 5.82 Å². The minimum Gasteiger partial charge on any atom is -0.488 e. The first-order valence-electron chi connectivity index (χ1n) is 9.19. The Hall–Kier alpha value is -2.59. The van der Waals surface area contributed by atoms with Gasteiger partial charge in [0.15, 0.2) is 11.6 Å². The maximum atomic E-state index is 15.0. The molecule has 0 aliphatic rings. The zero-order chi connectivity index (χ0) is 23.1. The summed E-state index contributed by atoms with van der Waals surface area (Å²) in [5, 5.41) is 5.72. The zero-order valence-corrected chi connectivity index (χ0v) is 19.0. The van der Waals surface area contributed by atoms with Crippen LogP contribution in [0.1, 0.15) is 0 Å². The lowest BCUT2D eigenvalue weighted by atomic mass is 10.2. The van der Waals surface area contributed by atoms with Crippen molar-refractivity contribution in [3.63, 3.8) is 0 Å². The van der Waals surface area contributed by atoms with Gasteiger partial charge in [0.05, 0.1) is 17.5 Å². The summed E-state index contributed by atoms with van der Waals surface area (Å²) < 4.78 is 28.5. The number of aromatic nitrogens is 2. The number of hydrogen-bond donors (Lipinski definition) is 2. The van der Waals surface area contributed by atoms with E-state index in [1.54, 1.807) is 30.3 Å². The zero-order valence-electron chi connectivity index (χ0n) is 16.7. The number of benzene rings is 2. The van der Waals surface area contributed by atoms with Gasteiger partial charge in [-0.25, -0.2) is 19.2 Å². The van der Waals surface area contributed by atoms with Gasteiger partial charge in [-0.1, -0.05) is 34.8 Å². The molecule has 0 saturated carbocycles. The number of amides is 1. The molecule has 0 fully saturated rings. The third-order valence-electron chi connectivity index (χ3n) is 4.01. The topological polar surface area (TPSA) is 94.6 Å². The van der Waals surface area contributed by atoms with E-state index in [1.165, 1.54) is 19.5 Å². The molecule has 0 spiro atoms. The van der Waals surface area contributed by atoms with Crippen LogP contribution >= 0.6 is 34.8 Å².